The third-order valence-corrected chi connectivity index (χ3v) is 3.12. The van der Waals surface area contributed by atoms with Gasteiger partial charge in [0.15, 0.2) is 6.10 Å². The lowest BCUT2D eigenvalue weighted by molar-refractivity contribution is -0.158. The molecule has 1 amide bonds. The first kappa shape index (κ1) is 18.4. The molecule has 6 nitrogen and oxygen atoms in total. The number of amides is 1. The molecule has 0 heterocycles. The van der Waals surface area contributed by atoms with Gasteiger partial charge in [-0.2, -0.15) is 0 Å². The summed E-state index contributed by atoms with van der Waals surface area (Å²) in [5.41, 5.74) is 0. The van der Waals surface area contributed by atoms with Crippen LogP contribution in [-0.2, 0) is 23.9 Å². The molecular weight excluding hydrogens is 262 g/mol. The van der Waals surface area contributed by atoms with Crippen molar-refractivity contribution in [3.63, 3.8) is 0 Å². The zero-order chi connectivity index (χ0) is 15.9. The van der Waals surface area contributed by atoms with E-state index in [0.29, 0.717) is 6.42 Å². The predicted octanol–water partition coefficient (Wildman–Crippen LogP) is 1.28. The number of esters is 2. The zero-order valence-corrected chi connectivity index (χ0v) is 13.1. The third kappa shape index (κ3) is 5.59. The van der Waals surface area contributed by atoms with Crippen molar-refractivity contribution in [1.82, 2.24) is 5.32 Å². The summed E-state index contributed by atoms with van der Waals surface area (Å²) in [4.78, 5) is 34.9. The van der Waals surface area contributed by atoms with E-state index in [1.165, 1.54) is 14.0 Å². The normalized spacial score (nSPS) is 15.2. The quantitative estimate of drug-likeness (QED) is 0.713. The Balaban J connectivity index is 4.95. The number of hydrogen-bond donors (Lipinski definition) is 1. The second kappa shape index (κ2) is 8.55. The van der Waals surface area contributed by atoms with Crippen molar-refractivity contribution in [2.24, 2.45) is 11.8 Å². The van der Waals surface area contributed by atoms with Crippen LogP contribution in [0.4, 0.5) is 0 Å². The number of rotatable bonds is 7. The Morgan fingerprint density at radius 3 is 2.05 bits per heavy atom. The summed E-state index contributed by atoms with van der Waals surface area (Å²) in [5.74, 6) is -1.77. The largest absolute Gasteiger partial charge is 0.467 e. The molecule has 0 aromatic rings. The minimum atomic E-state index is -0.913. The molecular formula is C14H25NO5. The maximum Gasteiger partial charge on any atom is 0.328 e. The van der Waals surface area contributed by atoms with Gasteiger partial charge in [-0.3, -0.25) is 9.59 Å². The van der Waals surface area contributed by atoms with Crippen LogP contribution >= 0.6 is 0 Å². The van der Waals surface area contributed by atoms with Gasteiger partial charge in [0.05, 0.1) is 7.11 Å². The monoisotopic (exact) mass is 287 g/mol. The summed E-state index contributed by atoms with van der Waals surface area (Å²) in [5, 5.41) is 2.61. The fourth-order valence-electron chi connectivity index (χ4n) is 1.70. The van der Waals surface area contributed by atoms with Gasteiger partial charge in [0.25, 0.3) is 5.91 Å². The van der Waals surface area contributed by atoms with E-state index in [9.17, 15) is 14.4 Å². The van der Waals surface area contributed by atoms with Gasteiger partial charge in [-0.05, 0) is 11.8 Å². The van der Waals surface area contributed by atoms with Crippen LogP contribution in [0.5, 0.6) is 0 Å². The van der Waals surface area contributed by atoms with E-state index >= 15 is 0 Å². The molecule has 6 heteroatoms. The van der Waals surface area contributed by atoms with Crippen LogP contribution in [0.25, 0.3) is 0 Å². The van der Waals surface area contributed by atoms with Gasteiger partial charge in [0.1, 0.15) is 6.04 Å². The van der Waals surface area contributed by atoms with Gasteiger partial charge < -0.3 is 14.8 Å². The van der Waals surface area contributed by atoms with Gasteiger partial charge >= 0.3 is 11.9 Å². The van der Waals surface area contributed by atoms with E-state index in [2.05, 4.69) is 5.32 Å². The molecule has 3 atom stereocenters. The van der Waals surface area contributed by atoms with Crippen molar-refractivity contribution >= 4 is 17.8 Å². The molecule has 20 heavy (non-hydrogen) atoms. The Kier molecular flexibility index (Phi) is 7.87. The van der Waals surface area contributed by atoms with Gasteiger partial charge in [0.2, 0.25) is 0 Å². The second-order valence-electron chi connectivity index (χ2n) is 5.17. The molecule has 0 saturated carbocycles. The highest BCUT2D eigenvalue weighted by molar-refractivity contribution is 5.88. The number of nitrogens with one attached hydrogen (secondary N) is 1. The van der Waals surface area contributed by atoms with E-state index in [1.54, 1.807) is 13.8 Å². The van der Waals surface area contributed by atoms with Crippen molar-refractivity contribution in [2.75, 3.05) is 7.11 Å². The summed E-state index contributed by atoms with van der Waals surface area (Å²) in [6.07, 6.45) is -0.205. The van der Waals surface area contributed by atoms with Gasteiger partial charge in [0, 0.05) is 6.92 Å². The standard InChI is InChI=1S/C14H25NO5/c1-7-9(4)11(14(18)19-6)15-13(17)12(8(2)3)20-10(5)16/h8-9,11-12H,7H2,1-6H3,(H,15,17)/t9-,11-,12-/m0/s1. The molecule has 0 bridgehead atoms. The molecule has 0 aromatic heterocycles. The lowest BCUT2D eigenvalue weighted by Gasteiger charge is -2.26. The molecule has 0 fully saturated rings. The first-order valence-corrected chi connectivity index (χ1v) is 6.79. The molecule has 0 aliphatic heterocycles. The molecule has 0 spiro atoms. The van der Waals surface area contributed by atoms with Crippen molar-refractivity contribution in [3.8, 4) is 0 Å². The van der Waals surface area contributed by atoms with Crippen LogP contribution < -0.4 is 5.32 Å². The Hall–Kier alpha value is -1.59. The van der Waals surface area contributed by atoms with E-state index in [0.717, 1.165) is 0 Å². The highest BCUT2D eigenvalue weighted by Gasteiger charge is 2.32. The maximum absolute atomic E-state index is 12.2. The zero-order valence-electron chi connectivity index (χ0n) is 13.1. The van der Waals surface area contributed by atoms with Crippen LogP contribution in [0, 0.1) is 11.8 Å². The van der Waals surface area contributed by atoms with Gasteiger partial charge in [-0.15, -0.1) is 0 Å². The summed E-state index contributed by atoms with van der Waals surface area (Å²) in [6.45, 7) is 8.54. The van der Waals surface area contributed by atoms with E-state index < -0.39 is 30.0 Å². The number of carbonyl (C=O) groups is 3. The lowest BCUT2D eigenvalue weighted by Crippen LogP contribution is -2.51. The molecule has 0 radical (unpaired) electrons. The summed E-state index contributed by atoms with van der Waals surface area (Å²) >= 11 is 0. The molecule has 0 rings (SSSR count). The van der Waals surface area contributed by atoms with Crippen molar-refractivity contribution in [1.29, 1.82) is 0 Å². The van der Waals surface area contributed by atoms with E-state index in [1.807, 2.05) is 13.8 Å². The molecule has 116 valence electrons. The van der Waals surface area contributed by atoms with E-state index in [4.69, 9.17) is 9.47 Å². The molecule has 0 aromatic carbocycles. The van der Waals surface area contributed by atoms with Crippen molar-refractivity contribution in [3.05, 3.63) is 0 Å². The fraction of sp³-hybridized carbons (Fsp3) is 0.786. The average molecular weight is 287 g/mol. The Bertz CT molecular complexity index is 353. The van der Waals surface area contributed by atoms with Crippen molar-refractivity contribution < 1.29 is 23.9 Å². The van der Waals surface area contributed by atoms with E-state index in [-0.39, 0.29) is 11.8 Å². The van der Waals surface area contributed by atoms with Crippen LogP contribution in [0.2, 0.25) is 0 Å². The molecule has 0 saturated heterocycles. The van der Waals surface area contributed by atoms with Crippen LogP contribution in [0.15, 0.2) is 0 Å². The number of methoxy groups -OCH3 is 1. The third-order valence-electron chi connectivity index (χ3n) is 3.12. The number of carbonyl (C=O) groups excluding carboxylic acids is 3. The topological polar surface area (TPSA) is 81.7 Å². The highest BCUT2D eigenvalue weighted by atomic mass is 16.5. The molecule has 0 unspecified atom stereocenters. The minimum Gasteiger partial charge on any atom is -0.467 e. The van der Waals surface area contributed by atoms with Crippen LogP contribution in [0.1, 0.15) is 41.0 Å². The van der Waals surface area contributed by atoms with Crippen molar-refractivity contribution in [2.45, 2.75) is 53.2 Å². The summed E-state index contributed by atoms with van der Waals surface area (Å²) < 4.78 is 9.69. The number of ether oxygens (including phenoxy) is 2. The first-order valence-electron chi connectivity index (χ1n) is 6.79. The summed E-state index contributed by atoms with van der Waals surface area (Å²) in [7, 11) is 1.27. The first-order chi connectivity index (χ1) is 9.24. The SMILES string of the molecule is CC[C@H](C)[C@H](NC(=O)[C@@H](OC(C)=O)C(C)C)C(=O)OC. The maximum atomic E-state index is 12.2. The average Bonchev–Trinajstić information content (AvgIpc) is 2.39. The molecule has 0 aliphatic carbocycles. The van der Waals surface area contributed by atoms with Gasteiger partial charge in [-0.1, -0.05) is 34.1 Å². The highest BCUT2D eigenvalue weighted by Crippen LogP contribution is 2.12. The van der Waals surface area contributed by atoms with Gasteiger partial charge in [-0.25, -0.2) is 4.79 Å². The fourth-order valence-corrected chi connectivity index (χ4v) is 1.70. The van der Waals surface area contributed by atoms with Crippen LogP contribution in [0.3, 0.4) is 0 Å². The summed E-state index contributed by atoms with van der Waals surface area (Å²) in [6, 6.07) is -0.741. The Morgan fingerprint density at radius 1 is 1.15 bits per heavy atom. The molecule has 0 aliphatic rings. The minimum absolute atomic E-state index is 0.0726. The second-order valence-corrected chi connectivity index (χ2v) is 5.17. The lowest BCUT2D eigenvalue weighted by atomic mass is 9.98. The Labute approximate surface area is 120 Å². The predicted molar refractivity (Wildman–Crippen MR) is 73.8 cm³/mol. The smallest absolute Gasteiger partial charge is 0.328 e. The van der Waals surface area contributed by atoms with Crippen LogP contribution in [-0.4, -0.2) is 37.1 Å². The Morgan fingerprint density at radius 2 is 1.70 bits per heavy atom. The molecule has 1 N–H and O–H groups in total. The number of hydrogen-bond acceptors (Lipinski definition) is 5.